The van der Waals surface area contributed by atoms with E-state index in [2.05, 4.69) is 15.5 Å². The van der Waals surface area contributed by atoms with Gasteiger partial charge in [0.25, 0.3) is 11.6 Å². The van der Waals surface area contributed by atoms with E-state index in [0.717, 1.165) is 25.0 Å². The van der Waals surface area contributed by atoms with Gasteiger partial charge in [0.2, 0.25) is 0 Å². The molecule has 1 amide bonds. The van der Waals surface area contributed by atoms with Crippen LogP contribution < -0.4 is 5.32 Å². The molecule has 0 aromatic carbocycles. The molecule has 24 heavy (non-hydrogen) atoms. The van der Waals surface area contributed by atoms with Gasteiger partial charge in [0.1, 0.15) is 0 Å². The van der Waals surface area contributed by atoms with Crippen LogP contribution in [0.15, 0.2) is 10.6 Å². The van der Waals surface area contributed by atoms with Gasteiger partial charge in [-0.3, -0.25) is 4.79 Å². The Morgan fingerprint density at radius 2 is 2.21 bits per heavy atom. The van der Waals surface area contributed by atoms with Gasteiger partial charge < -0.3 is 14.6 Å². The zero-order chi connectivity index (χ0) is 17.3. The van der Waals surface area contributed by atoms with Crippen LogP contribution >= 0.6 is 0 Å². The van der Waals surface area contributed by atoms with Gasteiger partial charge in [0.15, 0.2) is 6.10 Å². The molecule has 1 fully saturated rings. The second kappa shape index (κ2) is 6.59. The first-order valence-corrected chi connectivity index (χ1v) is 8.26. The number of hydrogen-bond donors (Lipinski definition) is 1. The van der Waals surface area contributed by atoms with Crippen LogP contribution in [0.4, 0.5) is 0 Å². The van der Waals surface area contributed by atoms with Crippen LogP contribution in [-0.4, -0.2) is 34.7 Å². The van der Waals surface area contributed by atoms with Gasteiger partial charge in [-0.2, -0.15) is 0 Å². The maximum Gasteiger partial charge on any atom is 0.339 e. The lowest BCUT2D eigenvalue weighted by atomic mass is 10.1. The van der Waals surface area contributed by atoms with E-state index < -0.39 is 12.1 Å². The summed E-state index contributed by atoms with van der Waals surface area (Å²) in [7, 11) is 0. The lowest BCUT2D eigenvalue weighted by Gasteiger charge is -2.14. The number of ether oxygens (including phenoxy) is 1. The number of nitrogens with one attached hydrogen (secondary N) is 1. The maximum absolute atomic E-state index is 12.6. The molecule has 0 radical (unpaired) electrons. The van der Waals surface area contributed by atoms with Crippen LogP contribution in [0, 0.1) is 6.92 Å². The highest BCUT2D eigenvalue weighted by molar-refractivity contribution is 6.04. The van der Waals surface area contributed by atoms with Crippen molar-refractivity contribution in [3.05, 3.63) is 23.0 Å². The van der Waals surface area contributed by atoms with Crippen LogP contribution in [-0.2, 0) is 9.53 Å². The fraction of sp³-hybridized carbons (Fsp3) is 0.529. The Kier molecular flexibility index (Phi) is 4.51. The minimum Gasteiger partial charge on any atom is -0.449 e. The fourth-order valence-corrected chi connectivity index (χ4v) is 2.53. The predicted octanol–water partition coefficient (Wildman–Crippen LogP) is 2.48. The van der Waals surface area contributed by atoms with Crippen LogP contribution in [0.3, 0.4) is 0 Å². The number of nitrogens with zero attached hydrogens (tertiary/aromatic N) is 2. The number of aryl methyl sites for hydroxylation is 1. The number of fused-ring (bicyclic) bond motifs is 1. The van der Waals surface area contributed by atoms with Crippen molar-refractivity contribution in [3.8, 4) is 0 Å². The highest BCUT2D eigenvalue weighted by Crippen LogP contribution is 2.40. The van der Waals surface area contributed by atoms with E-state index in [4.69, 9.17) is 9.26 Å². The molecule has 0 spiro atoms. The molecule has 7 heteroatoms. The van der Waals surface area contributed by atoms with Gasteiger partial charge >= 0.3 is 5.97 Å². The SMILES string of the molecule is CCCNC(=O)C(C)OC(=O)c1cc(C2CC2)nc2onc(C)c12. The average Bonchev–Trinajstić information content (AvgIpc) is 3.35. The number of amides is 1. The summed E-state index contributed by atoms with van der Waals surface area (Å²) in [6, 6.07) is 1.74. The minimum atomic E-state index is -0.864. The molecule has 0 bridgehead atoms. The van der Waals surface area contributed by atoms with Gasteiger partial charge in [0.05, 0.1) is 16.6 Å². The van der Waals surface area contributed by atoms with Crippen molar-refractivity contribution in [2.24, 2.45) is 0 Å². The van der Waals surface area contributed by atoms with Crippen molar-refractivity contribution in [2.75, 3.05) is 6.54 Å². The van der Waals surface area contributed by atoms with Gasteiger partial charge in [-0.05, 0) is 39.2 Å². The lowest BCUT2D eigenvalue weighted by molar-refractivity contribution is -0.129. The van der Waals surface area contributed by atoms with Crippen LogP contribution in [0.25, 0.3) is 11.1 Å². The lowest BCUT2D eigenvalue weighted by Crippen LogP contribution is -2.36. The highest BCUT2D eigenvalue weighted by atomic mass is 16.5. The second-order valence-electron chi connectivity index (χ2n) is 6.16. The predicted molar refractivity (Wildman–Crippen MR) is 86.7 cm³/mol. The first-order valence-electron chi connectivity index (χ1n) is 8.26. The zero-order valence-electron chi connectivity index (χ0n) is 14.1. The summed E-state index contributed by atoms with van der Waals surface area (Å²) < 4.78 is 10.6. The molecule has 2 aromatic rings. The topological polar surface area (TPSA) is 94.3 Å². The van der Waals surface area contributed by atoms with Gasteiger partial charge in [-0.1, -0.05) is 12.1 Å². The first-order chi connectivity index (χ1) is 11.5. The smallest absolute Gasteiger partial charge is 0.339 e. The van der Waals surface area contributed by atoms with Crippen molar-refractivity contribution in [2.45, 2.75) is 52.1 Å². The molecule has 0 saturated heterocycles. The Labute approximate surface area is 139 Å². The quantitative estimate of drug-likeness (QED) is 0.817. The standard InChI is InChI=1S/C17H21N3O4/c1-4-7-18-15(21)10(3)23-17(22)12-8-13(11-5-6-11)19-16-14(12)9(2)20-24-16/h8,10-11H,4-7H2,1-3H3,(H,18,21). The molecule has 3 rings (SSSR count). The number of hydrogen-bond acceptors (Lipinski definition) is 6. The number of carbonyl (C=O) groups excluding carboxylic acids is 2. The second-order valence-corrected chi connectivity index (χ2v) is 6.16. The van der Waals surface area contributed by atoms with Crippen LogP contribution in [0.5, 0.6) is 0 Å². The fourth-order valence-electron chi connectivity index (χ4n) is 2.53. The summed E-state index contributed by atoms with van der Waals surface area (Å²) in [5.74, 6) is -0.508. The third-order valence-corrected chi connectivity index (χ3v) is 4.05. The molecule has 7 nitrogen and oxygen atoms in total. The van der Waals surface area contributed by atoms with E-state index in [1.165, 1.54) is 0 Å². The van der Waals surface area contributed by atoms with Crippen molar-refractivity contribution in [3.63, 3.8) is 0 Å². The summed E-state index contributed by atoms with van der Waals surface area (Å²) in [6.45, 7) is 5.82. The van der Waals surface area contributed by atoms with Crippen molar-refractivity contribution >= 4 is 23.0 Å². The van der Waals surface area contributed by atoms with Gasteiger partial charge in [0, 0.05) is 18.2 Å². The third kappa shape index (κ3) is 3.25. The Morgan fingerprint density at radius 1 is 1.46 bits per heavy atom. The van der Waals surface area contributed by atoms with E-state index in [1.807, 2.05) is 6.92 Å². The molecule has 0 aliphatic heterocycles. The molecular weight excluding hydrogens is 310 g/mol. The number of rotatable bonds is 6. The molecule has 1 aliphatic carbocycles. The summed E-state index contributed by atoms with van der Waals surface area (Å²) in [4.78, 5) is 28.9. The monoisotopic (exact) mass is 331 g/mol. The molecule has 1 unspecified atom stereocenters. The molecule has 128 valence electrons. The van der Waals surface area contributed by atoms with E-state index >= 15 is 0 Å². The van der Waals surface area contributed by atoms with E-state index in [1.54, 1.807) is 19.9 Å². The largest absolute Gasteiger partial charge is 0.449 e. The minimum absolute atomic E-state index is 0.306. The molecule has 2 aromatic heterocycles. The van der Waals surface area contributed by atoms with Crippen molar-refractivity contribution < 1.29 is 18.8 Å². The molecular formula is C17H21N3O4. The zero-order valence-corrected chi connectivity index (χ0v) is 14.1. The van der Waals surface area contributed by atoms with E-state index in [-0.39, 0.29) is 5.91 Å². The Bertz CT molecular complexity index is 779. The number of carbonyl (C=O) groups is 2. The number of aromatic nitrogens is 2. The van der Waals surface area contributed by atoms with Crippen molar-refractivity contribution in [1.82, 2.24) is 15.5 Å². The van der Waals surface area contributed by atoms with Crippen LogP contribution in [0.1, 0.15) is 60.8 Å². The Balaban J connectivity index is 1.85. The Hall–Kier alpha value is -2.44. The summed E-state index contributed by atoms with van der Waals surface area (Å²) in [6.07, 6.45) is 2.06. The normalized spacial score (nSPS) is 15.3. The van der Waals surface area contributed by atoms with E-state index in [9.17, 15) is 9.59 Å². The van der Waals surface area contributed by atoms with Gasteiger partial charge in [-0.25, -0.2) is 9.78 Å². The first kappa shape index (κ1) is 16.4. The average molecular weight is 331 g/mol. The number of pyridine rings is 1. The third-order valence-electron chi connectivity index (χ3n) is 4.05. The number of esters is 1. The Morgan fingerprint density at radius 3 is 2.88 bits per heavy atom. The van der Waals surface area contributed by atoms with E-state index in [0.29, 0.717) is 34.8 Å². The van der Waals surface area contributed by atoms with Crippen LogP contribution in [0.2, 0.25) is 0 Å². The molecule has 1 aliphatic rings. The summed E-state index contributed by atoms with van der Waals surface area (Å²) >= 11 is 0. The molecule has 1 saturated carbocycles. The van der Waals surface area contributed by atoms with Gasteiger partial charge in [-0.15, -0.1) is 0 Å². The molecule has 1 atom stereocenters. The molecule has 1 N–H and O–H groups in total. The molecule has 2 heterocycles. The summed E-state index contributed by atoms with van der Waals surface area (Å²) in [5.41, 5.74) is 2.09. The summed E-state index contributed by atoms with van der Waals surface area (Å²) in [5, 5.41) is 7.15. The maximum atomic E-state index is 12.6. The van der Waals surface area contributed by atoms with Crippen molar-refractivity contribution in [1.29, 1.82) is 0 Å². The highest BCUT2D eigenvalue weighted by Gasteiger charge is 2.30.